The van der Waals surface area contributed by atoms with E-state index in [0.29, 0.717) is 15.6 Å². The highest BCUT2D eigenvalue weighted by Crippen LogP contribution is 2.26. The Bertz CT molecular complexity index is 620. The monoisotopic (exact) mass is 303 g/mol. The Morgan fingerprint density at radius 3 is 2.53 bits per heavy atom. The molecule has 6 heteroatoms. The third-order valence-corrected chi connectivity index (χ3v) is 3.05. The van der Waals surface area contributed by atoms with Crippen LogP contribution in [0.1, 0.15) is 5.56 Å². The molecule has 2 nitrogen and oxygen atoms in total. The fourth-order valence-corrected chi connectivity index (χ4v) is 1.83. The van der Waals surface area contributed by atoms with Gasteiger partial charge in [-0.2, -0.15) is 0 Å². The molecule has 0 fully saturated rings. The molecule has 0 spiro atoms. The van der Waals surface area contributed by atoms with Gasteiger partial charge in [-0.15, -0.1) is 0 Å². The molecule has 0 aromatic heterocycles. The Morgan fingerprint density at radius 2 is 1.79 bits per heavy atom. The van der Waals surface area contributed by atoms with Crippen LogP contribution < -0.4 is 10.5 Å². The molecule has 0 aliphatic rings. The van der Waals surface area contributed by atoms with Gasteiger partial charge in [-0.05, 0) is 18.2 Å². The van der Waals surface area contributed by atoms with E-state index in [9.17, 15) is 8.78 Å². The minimum Gasteiger partial charge on any atom is -0.486 e. The third-order valence-electron chi connectivity index (χ3n) is 2.44. The van der Waals surface area contributed by atoms with Crippen molar-refractivity contribution in [2.24, 2.45) is 0 Å². The Balaban J connectivity index is 2.19. The number of hydrogen-bond acceptors (Lipinski definition) is 2. The molecule has 0 aliphatic heterocycles. The second kappa shape index (κ2) is 5.63. The summed E-state index contributed by atoms with van der Waals surface area (Å²) < 4.78 is 31.9. The van der Waals surface area contributed by atoms with E-state index in [-0.39, 0.29) is 18.0 Å². The molecule has 0 heterocycles. The summed E-state index contributed by atoms with van der Waals surface area (Å²) in [5.74, 6) is -1.71. The lowest BCUT2D eigenvalue weighted by molar-refractivity contribution is 0.289. The quantitative estimate of drug-likeness (QED) is 0.851. The van der Waals surface area contributed by atoms with Gasteiger partial charge in [-0.25, -0.2) is 8.78 Å². The first kappa shape index (κ1) is 13.9. The number of benzene rings is 2. The maximum absolute atomic E-state index is 13.5. The zero-order valence-electron chi connectivity index (χ0n) is 9.59. The van der Waals surface area contributed by atoms with Gasteiger partial charge in [0.15, 0.2) is 11.6 Å². The van der Waals surface area contributed by atoms with Crippen LogP contribution in [0.3, 0.4) is 0 Å². The SMILES string of the molecule is Nc1cc(F)c(OCc2cc(Cl)ccc2Cl)cc1F. The second-order valence-corrected chi connectivity index (χ2v) is 4.67. The van der Waals surface area contributed by atoms with Crippen LogP contribution in [0.15, 0.2) is 30.3 Å². The van der Waals surface area contributed by atoms with Crippen molar-refractivity contribution in [3.8, 4) is 5.75 Å². The largest absolute Gasteiger partial charge is 0.486 e. The van der Waals surface area contributed by atoms with E-state index in [2.05, 4.69) is 0 Å². The maximum atomic E-state index is 13.5. The lowest BCUT2D eigenvalue weighted by Gasteiger charge is -2.10. The first-order chi connectivity index (χ1) is 8.97. The fraction of sp³-hybridized carbons (Fsp3) is 0.0769. The number of halogens is 4. The van der Waals surface area contributed by atoms with Crippen LogP contribution in [0.4, 0.5) is 14.5 Å². The van der Waals surface area contributed by atoms with Gasteiger partial charge in [0.25, 0.3) is 0 Å². The van der Waals surface area contributed by atoms with Gasteiger partial charge in [0.05, 0.1) is 5.69 Å². The number of anilines is 1. The molecule has 19 heavy (non-hydrogen) atoms. The van der Waals surface area contributed by atoms with Crippen LogP contribution in [-0.4, -0.2) is 0 Å². The maximum Gasteiger partial charge on any atom is 0.167 e. The average molecular weight is 304 g/mol. The van der Waals surface area contributed by atoms with Crippen molar-refractivity contribution in [3.05, 3.63) is 57.6 Å². The number of nitrogen functional groups attached to an aromatic ring is 1. The van der Waals surface area contributed by atoms with E-state index in [4.69, 9.17) is 33.7 Å². The molecular formula is C13H9Cl2F2NO. The molecule has 100 valence electrons. The van der Waals surface area contributed by atoms with Crippen molar-refractivity contribution in [2.75, 3.05) is 5.73 Å². The van der Waals surface area contributed by atoms with Crippen molar-refractivity contribution >= 4 is 28.9 Å². The zero-order valence-corrected chi connectivity index (χ0v) is 11.1. The molecule has 0 amide bonds. The first-order valence-electron chi connectivity index (χ1n) is 5.28. The highest BCUT2D eigenvalue weighted by molar-refractivity contribution is 6.33. The number of rotatable bonds is 3. The lowest BCUT2D eigenvalue weighted by Crippen LogP contribution is -2.00. The van der Waals surface area contributed by atoms with E-state index in [1.807, 2.05) is 0 Å². The second-order valence-electron chi connectivity index (χ2n) is 3.83. The zero-order chi connectivity index (χ0) is 14.0. The minimum absolute atomic E-state index is 0.0281. The van der Waals surface area contributed by atoms with Gasteiger partial charge in [0.1, 0.15) is 12.4 Å². The third kappa shape index (κ3) is 3.28. The van der Waals surface area contributed by atoms with Crippen molar-refractivity contribution < 1.29 is 13.5 Å². The smallest absolute Gasteiger partial charge is 0.167 e. The van der Waals surface area contributed by atoms with Crippen LogP contribution in [0.2, 0.25) is 10.0 Å². The number of hydrogen-bond donors (Lipinski definition) is 1. The lowest BCUT2D eigenvalue weighted by atomic mass is 10.2. The summed E-state index contributed by atoms with van der Waals surface area (Å²) in [7, 11) is 0. The number of ether oxygens (including phenoxy) is 1. The van der Waals surface area contributed by atoms with E-state index in [0.717, 1.165) is 12.1 Å². The molecule has 0 radical (unpaired) electrons. The summed E-state index contributed by atoms with van der Waals surface area (Å²) in [6.07, 6.45) is 0. The van der Waals surface area contributed by atoms with Crippen LogP contribution in [0, 0.1) is 11.6 Å². The van der Waals surface area contributed by atoms with E-state index in [1.165, 1.54) is 0 Å². The van der Waals surface area contributed by atoms with Crippen LogP contribution in [0.25, 0.3) is 0 Å². The Labute approximate surface area is 118 Å². The first-order valence-corrected chi connectivity index (χ1v) is 6.04. The molecule has 0 bridgehead atoms. The van der Waals surface area contributed by atoms with Gasteiger partial charge in [-0.3, -0.25) is 0 Å². The molecule has 2 aromatic carbocycles. The summed E-state index contributed by atoms with van der Waals surface area (Å²) in [6.45, 7) is -0.0281. The fourth-order valence-electron chi connectivity index (χ4n) is 1.46. The average Bonchev–Trinajstić information content (AvgIpc) is 2.36. The van der Waals surface area contributed by atoms with Crippen molar-refractivity contribution in [1.82, 2.24) is 0 Å². The molecule has 0 atom stereocenters. The summed E-state index contributed by atoms with van der Waals surface area (Å²) in [5, 5.41) is 0.910. The summed E-state index contributed by atoms with van der Waals surface area (Å²) in [5.41, 5.74) is 5.53. The van der Waals surface area contributed by atoms with Crippen LogP contribution in [0.5, 0.6) is 5.75 Å². The van der Waals surface area contributed by atoms with Gasteiger partial charge in [-0.1, -0.05) is 23.2 Å². The van der Waals surface area contributed by atoms with Gasteiger partial charge in [0.2, 0.25) is 0 Å². The molecular weight excluding hydrogens is 295 g/mol. The molecule has 2 rings (SSSR count). The normalized spacial score (nSPS) is 10.5. The van der Waals surface area contributed by atoms with E-state index >= 15 is 0 Å². The summed E-state index contributed by atoms with van der Waals surface area (Å²) in [4.78, 5) is 0. The summed E-state index contributed by atoms with van der Waals surface area (Å²) >= 11 is 11.7. The molecule has 0 aliphatic carbocycles. The molecule has 0 saturated heterocycles. The van der Waals surface area contributed by atoms with Gasteiger partial charge in [0, 0.05) is 27.7 Å². The van der Waals surface area contributed by atoms with Crippen molar-refractivity contribution in [2.45, 2.75) is 6.61 Å². The molecule has 0 unspecified atom stereocenters. The van der Waals surface area contributed by atoms with Crippen molar-refractivity contribution in [3.63, 3.8) is 0 Å². The van der Waals surface area contributed by atoms with Crippen LogP contribution in [-0.2, 0) is 6.61 Å². The van der Waals surface area contributed by atoms with E-state index < -0.39 is 11.6 Å². The predicted octanol–water partition coefficient (Wildman–Crippen LogP) is 4.43. The number of nitrogens with two attached hydrogens (primary N) is 1. The Kier molecular flexibility index (Phi) is 4.12. The van der Waals surface area contributed by atoms with E-state index in [1.54, 1.807) is 18.2 Å². The molecule has 0 saturated carbocycles. The standard InChI is InChI=1S/C13H9Cl2F2NO/c14-8-1-2-9(15)7(3-8)6-19-13-5-10(16)12(18)4-11(13)17/h1-5H,6,18H2. The molecule has 2 N–H and O–H groups in total. The predicted molar refractivity (Wildman–Crippen MR) is 71.6 cm³/mol. The highest BCUT2D eigenvalue weighted by Gasteiger charge is 2.10. The van der Waals surface area contributed by atoms with Gasteiger partial charge >= 0.3 is 0 Å². The van der Waals surface area contributed by atoms with Crippen molar-refractivity contribution in [1.29, 1.82) is 0 Å². The van der Waals surface area contributed by atoms with Crippen LogP contribution >= 0.6 is 23.2 Å². The summed E-state index contributed by atoms with van der Waals surface area (Å²) in [6, 6.07) is 6.57. The Hall–Kier alpha value is -1.52. The molecule has 2 aromatic rings. The van der Waals surface area contributed by atoms with Gasteiger partial charge < -0.3 is 10.5 Å². The minimum atomic E-state index is -0.742. The highest BCUT2D eigenvalue weighted by atomic mass is 35.5. The Morgan fingerprint density at radius 1 is 1.05 bits per heavy atom. The topological polar surface area (TPSA) is 35.2 Å².